The molecule has 0 aromatic heterocycles. The topological polar surface area (TPSA) is 101 Å². The van der Waals surface area contributed by atoms with E-state index in [-0.39, 0.29) is 24.6 Å². The number of hydrogen-bond acceptors (Lipinski definition) is 8. The van der Waals surface area contributed by atoms with Gasteiger partial charge in [-0.1, -0.05) is 0 Å². The highest BCUT2D eigenvalue weighted by molar-refractivity contribution is 5.66. The predicted octanol–water partition coefficient (Wildman–Crippen LogP) is 0.887. The Bertz CT molecular complexity index is 453. The van der Waals surface area contributed by atoms with Gasteiger partial charge in [0.15, 0.2) is 18.7 Å². The highest BCUT2D eigenvalue weighted by atomic mass is 16.7. The van der Waals surface area contributed by atoms with Crippen LogP contribution < -0.4 is 0 Å². The number of aliphatic hydroxyl groups is 1. The van der Waals surface area contributed by atoms with E-state index in [1.165, 1.54) is 13.8 Å². The van der Waals surface area contributed by atoms with Gasteiger partial charge in [-0.2, -0.15) is 0 Å². The van der Waals surface area contributed by atoms with Crippen molar-refractivity contribution in [1.29, 1.82) is 0 Å². The number of rotatable bonds is 4. The van der Waals surface area contributed by atoms with Crippen molar-refractivity contribution in [2.24, 2.45) is 0 Å². The van der Waals surface area contributed by atoms with Crippen molar-refractivity contribution in [3.63, 3.8) is 0 Å². The lowest BCUT2D eigenvalue weighted by molar-refractivity contribution is -0.293. The number of esters is 2. The lowest BCUT2D eigenvalue weighted by Gasteiger charge is -2.41. The molecule has 2 saturated heterocycles. The molecule has 8 heteroatoms. The van der Waals surface area contributed by atoms with Crippen LogP contribution in [0.2, 0.25) is 0 Å². The Hall–Kier alpha value is -1.22. The van der Waals surface area contributed by atoms with Crippen LogP contribution in [-0.4, -0.2) is 60.1 Å². The van der Waals surface area contributed by atoms with Gasteiger partial charge in [0.1, 0.15) is 12.2 Å². The summed E-state index contributed by atoms with van der Waals surface area (Å²) >= 11 is 0. The predicted molar refractivity (Wildman–Crippen MR) is 80.7 cm³/mol. The summed E-state index contributed by atoms with van der Waals surface area (Å²) in [4.78, 5) is 22.4. The molecular weight excluding hydrogens is 320 g/mol. The van der Waals surface area contributed by atoms with Gasteiger partial charge < -0.3 is 28.8 Å². The number of carbonyl (C=O) groups excluding carboxylic acids is 2. The molecule has 0 bridgehead atoms. The smallest absolute Gasteiger partial charge is 0.303 e. The van der Waals surface area contributed by atoms with E-state index < -0.39 is 36.9 Å². The van der Waals surface area contributed by atoms with Crippen LogP contribution >= 0.6 is 0 Å². The fourth-order valence-corrected chi connectivity index (χ4v) is 3.11. The molecule has 2 rings (SSSR count). The fourth-order valence-electron chi connectivity index (χ4n) is 3.11. The average Bonchev–Trinajstić information content (AvgIpc) is 2.45. The zero-order chi connectivity index (χ0) is 17.9. The van der Waals surface area contributed by atoms with Crippen LogP contribution in [0.1, 0.15) is 47.0 Å². The third kappa shape index (κ3) is 5.14. The number of carbonyl (C=O) groups is 2. The van der Waals surface area contributed by atoms with Crippen LogP contribution in [0.15, 0.2) is 0 Å². The van der Waals surface area contributed by atoms with Crippen molar-refractivity contribution < 1.29 is 38.4 Å². The molecule has 138 valence electrons. The van der Waals surface area contributed by atoms with Gasteiger partial charge in [-0.15, -0.1) is 0 Å². The lowest BCUT2D eigenvalue weighted by Crippen LogP contribution is -2.52. The first-order valence-electron chi connectivity index (χ1n) is 8.25. The average molecular weight is 346 g/mol. The van der Waals surface area contributed by atoms with Crippen molar-refractivity contribution in [3.05, 3.63) is 0 Å². The normalized spacial score (nSPS) is 40.0. The van der Waals surface area contributed by atoms with E-state index >= 15 is 0 Å². The van der Waals surface area contributed by atoms with E-state index in [1.54, 1.807) is 6.92 Å². The van der Waals surface area contributed by atoms with Crippen LogP contribution in [0.25, 0.3) is 0 Å². The molecule has 0 saturated carbocycles. The molecule has 2 heterocycles. The third-order valence-corrected chi connectivity index (χ3v) is 4.16. The van der Waals surface area contributed by atoms with Gasteiger partial charge in [0.25, 0.3) is 0 Å². The summed E-state index contributed by atoms with van der Waals surface area (Å²) in [6.07, 6.45) is -2.40. The molecular formula is C16H26O8. The molecule has 1 unspecified atom stereocenters. The Morgan fingerprint density at radius 3 is 2.21 bits per heavy atom. The Morgan fingerprint density at radius 2 is 1.62 bits per heavy atom. The fraction of sp³-hybridized carbons (Fsp3) is 0.875. The van der Waals surface area contributed by atoms with Crippen LogP contribution in [0.5, 0.6) is 0 Å². The Kier molecular flexibility index (Phi) is 6.56. The molecule has 0 aromatic carbocycles. The van der Waals surface area contributed by atoms with E-state index in [0.29, 0.717) is 12.8 Å². The highest BCUT2D eigenvalue weighted by Crippen LogP contribution is 2.29. The molecule has 1 N–H and O–H groups in total. The molecule has 7 atom stereocenters. The Labute approximate surface area is 141 Å². The maximum atomic E-state index is 11.3. The van der Waals surface area contributed by atoms with Gasteiger partial charge in [0, 0.05) is 26.7 Å². The third-order valence-electron chi connectivity index (χ3n) is 4.16. The highest BCUT2D eigenvalue weighted by Gasteiger charge is 2.41. The summed E-state index contributed by atoms with van der Waals surface area (Å²) in [5.41, 5.74) is 0. The van der Waals surface area contributed by atoms with Crippen LogP contribution in [0.4, 0.5) is 0 Å². The molecule has 24 heavy (non-hydrogen) atoms. The summed E-state index contributed by atoms with van der Waals surface area (Å²) in [6.45, 7) is 6.21. The summed E-state index contributed by atoms with van der Waals surface area (Å²) in [5.74, 6) is -0.778. The van der Waals surface area contributed by atoms with Crippen molar-refractivity contribution >= 4 is 11.9 Å². The maximum Gasteiger partial charge on any atom is 0.303 e. The number of hydrogen-bond donors (Lipinski definition) is 1. The van der Waals surface area contributed by atoms with Crippen molar-refractivity contribution in [2.75, 3.05) is 0 Å². The van der Waals surface area contributed by atoms with Crippen molar-refractivity contribution in [3.8, 4) is 0 Å². The van der Waals surface area contributed by atoms with E-state index in [2.05, 4.69) is 0 Å². The SMILES string of the molecule is CC(=O)O[C@@H]1[C@@H](C)OC(O)C[C@H]1O[C@H]1CC[C@H](OC(C)=O)[C@H](C)O1. The standard InChI is InChI=1S/C16H26O8/c1-8-12(22-10(3)17)5-6-15(21-8)24-13-7-14(19)20-9(2)16(13)23-11(4)18/h8-9,12-16,19H,5-7H2,1-4H3/t8-,9+,12-,13+,14?,15-,16+/m0/s1. The maximum absolute atomic E-state index is 11.3. The monoisotopic (exact) mass is 346 g/mol. The second-order valence-electron chi connectivity index (χ2n) is 6.28. The zero-order valence-electron chi connectivity index (χ0n) is 14.5. The second kappa shape index (κ2) is 8.24. The first-order valence-corrected chi connectivity index (χ1v) is 8.25. The Morgan fingerprint density at radius 1 is 0.958 bits per heavy atom. The van der Waals surface area contributed by atoms with Crippen LogP contribution in [0, 0.1) is 0 Å². The molecule has 2 aliphatic rings. The lowest BCUT2D eigenvalue weighted by atomic mass is 10.0. The number of aliphatic hydroxyl groups excluding tert-OH is 1. The molecule has 0 radical (unpaired) electrons. The summed E-state index contributed by atoms with van der Waals surface area (Å²) in [6, 6.07) is 0. The summed E-state index contributed by atoms with van der Waals surface area (Å²) in [5, 5.41) is 9.78. The van der Waals surface area contributed by atoms with Gasteiger partial charge in [-0.05, 0) is 20.3 Å². The molecule has 0 aromatic rings. The molecule has 0 amide bonds. The van der Waals surface area contributed by atoms with E-state index in [4.69, 9.17) is 23.7 Å². The van der Waals surface area contributed by atoms with Gasteiger partial charge in [0.05, 0.1) is 12.2 Å². The molecule has 2 aliphatic heterocycles. The van der Waals surface area contributed by atoms with E-state index in [9.17, 15) is 14.7 Å². The quantitative estimate of drug-likeness (QED) is 0.749. The molecule has 0 spiro atoms. The van der Waals surface area contributed by atoms with Gasteiger partial charge in [-0.25, -0.2) is 0 Å². The van der Waals surface area contributed by atoms with Gasteiger partial charge in [0.2, 0.25) is 0 Å². The molecule has 8 nitrogen and oxygen atoms in total. The minimum Gasteiger partial charge on any atom is -0.460 e. The van der Waals surface area contributed by atoms with Crippen LogP contribution in [0.3, 0.4) is 0 Å². The first kappa shape index (κ1) is 19.1. The minimum absolute atomic E-state index is 0.184. The summed E-state index contributed by atoms with van der Waals surface area (Å²) in [7, 11) is 0. The Balaban J connectivity index is 1.95. The molecule has 0 aliphatic carbocycles. The first-order chi connectivity index (χ1) is 11.3. The second-order valence-corrected chi connectivity index (χ2v) is 6.28. The summed E-state index contributed by atoms with van der Waals surface area (Å²) < 4.78 is 27.5. The van der Waals surface area contributed by atoms with E-state index in [1.807, 2.05) is 6.92 Å². The number of ether oxygens (including phenoxy) is 5. The zero-order valence-corrected chi connectivity index (χ0v) is 14.5. The van der Waals surface area contributed by atoms with E-state index in [0.717, 1.165) is 0 Å². The van der Waals surface area contributed by atoms with Crippen molar-refractivity contribution in [1.82, 2.24) is 0 Å². The van der Waals surface area contributed by atoms with Crippen molar-refractivity contribution in [2.45, 2.75) is 90.1 Å². The van der Waals surface area contributed by atoms with Gasteiger partial charge >= 0.3 is 11.9 Å². The molecule has 2 fully saturated rings. The minimum atomic E-state index is -0.980. The largest absolute Gasteiger partial charge is 0.460 e. The van der Waals surface area contributed by atoms with Gasteiger partial charge in [-0.3, -0.25) is 9.59 Å². The van der Waals surface area contributed by atoms with Crippen LogP contribution in [-0.2, 0) is 33.3 Å².